The van der Waals surface area contributed by atoms with Crippen LogP contribution in [0.15, 0.2) is 54.6 Å². The number of piperazine rings is 1. The van der Waals surface area contributed by atoms with Crippen molar-refractivity contribution in [1.82, 2.24) is 14.9 Å². The summed E-state index contributed by atoms with van der Waals surface area (Å²) >= 11 is 0. The van der Waals surface area contributed by atoms with Gasteiger partial charge in [-0.05, 0) is 43.7 Å². The Labute approximate surface area is 218 Å². The van der Waals surface area contributed by atoms with Crippen LogP contribution in [0, 0.1) is 5.82 Å². The summed E-state index contributed by atoms with van der Waals surface area (Å²) in [5.74, 6) is 1.43. The summed E-state index contributed by atoms with van der Waals surface area (Å²) in [7, 11) is 2.06. The first-order valence-corrected chi connectivity index (χ1v) is 13.1. The van der Waals surface area contributed by atoms with Crippen LogP contribution < -0.4 is 14.7 Å². The highest BCUT2D eigenvalue weighted by atomic mass is 19.1. The number of hydrogen-bond donors (Lipinski definition) is 0. The molecule has 0 unspecified atom stereocenters. The van der Waals surface area contributed by atoms with Gasteiger partial charge >= 0.3 is 0 Å². The smallest absolute Gasteiger partial charge is 0.227 e. The number of halogens is 1. The minimum atomic E-state index is -0.293. The van der Waals surface area contributed by atoms with E-state index in [2.05, 4.69) is 59.9 Å². The van der Waals surface area contributed by atoms with Crippen molar-refractivity contribution in [2.24, 2.45) is 0 Å². The van der Waals surface area contributed by atoms with E-state index in [4.69, 9.17) is 9.97 Å². The number of anilines is 3. The molecule has 0 N–H and O–H groups in total. The van der Waals surface area contributed by atoms with E-state index in [1.165, 1.54) is 17.8 Å². The molecule has 0 atom stereocenters. The third-order valence-electron chi connectivity index (χ3n) is 7.44. The second kappa shape index (κ2) is 10.7. The molecule has 2 aliphatic rings. The van der Waals surface area contributed by atoms with E-state index >= 15 is 0 Å². The van der Waals surface area contributed by atoms with Crippen LogP contribution in [0.3, 0.4) is 0 Å². The molecule has 2 aromatic carbocycles. The van der Waals surface area contributed by atoms with E-state index in [9.17, 15) is 9.18 Å². The molecule has 1 fully saturated rings. The summed E-state index contributed by atoms with van der Waals surface area (Å²) in [4.78, 5) is 31.9. The van der Waals surface area contributed by atoms with Gasteiger partial charge in [0.15, 0.2) is 0 Å². The molecular formula is C29H35FN6O. The molecule has 37 heavy (non-hydrogen) atoms. The van der Waals surface area contributed by atoms with Gasteiger partial charge in [0.2, 0.25) is 11.9 Å². The molecule has 0 bridgehead atoms. The van der Waals surface area contributed by atoms with Crippen molar-refractivity contribution in [3.05, 3.63) is 77.2 Å². The fraction of sp³-hybridized carbons (Fsp3) is 0.414. The van der Waals surface area contributed by atoms with E-state index in [1.54, 1.807) is 12.1 Å². The van der Waals surface area contributed by atoms with Gasteiger partial charge in [-0.25, -0.2) is 9.37 Å². The lowest BCUT2D eigenvalue weighted by Gasteiger charge is -2.38. The van der Waals surface area contributed by atoms with Crippen LogP contribution in [0.4, 0.5) is 21.8 Å². The lowest BCUT2D eigenvalue weighted by Crippen LogP contribution is -2.47. The number of carbonyl (C=O) groups excluding carboxylic acids is 1. The van der Waals surface area contributed by atoms with Gasteiger partial charge in [-0.1, -0.05) is 30.3 Å². The Morgan fingerprint density at radius 3 is 2.30 bits per heavy atom. The first-order chi connectivity index (χ1) is 17.9. The van der Waals surface area contributed by atoms with Gasteiger partial charge in [-0.2, -0.15) is 4.98 Å². The Bertz CT molecular complexity index is 1230. The Morgan fingerprint density at radius 2 is 1.62 bits per heavy atom. The summed E-state index contributed by atoms with van der Waals surface area (Å²) in [5.41, 5.74) is 4.13. The first kappa shape index (κ1) is 25.0. The van der Waals surface area contributed by atoms with E-state index in [0.717, 1.165) is 54.8 Å². The van der Waals surface area contributed by atoms with Crippen molar-refractivity contribution in [3.63, 3.8) is 0 Å². The zero-order valence-corrected chi connectivity index (χ0v) is 21.9. The highest BCUT2D eigenvalue weighted by Gasteiger charge is 2.29. The number of nitrogens with zero attached hydrogens (tertiary/aromatic N) is 6. The van der Waals surface area contributed by atoms with Crippen molar-refractivity contribution in [2.75, 3.05) is 54.5 Å². The van der Waals surface area contributed by atoms with E-state index < -0.39 is 0 Å². The number of fused-ring (bicyclic) bond motifs is 1. The van der Waals surface area contributed by atoms with Crippen molar-refractivity contribution in [3.8, 4) is 0 Å². The van der Waals surface area contributed by atoms with Crippen LogP contribution in [0.5, 0.6) is 0 Å². The molecule has 1 amide bonds. The molecule has 2 aliphatic heterocycles. The van der Waals surface area contributed by atoms with Crippen LogP contribution in [-0.4, -0.2) is 66.6 Å². The van der Waals surface area contributed by atoms with Gasteiger partial charge < -0.3 is 19.6 Å². The van der Waals surface area contributed by atoms with Crippen LogP contribution in [0.25, 0.3) is 0 Å². The molecule has 5 rings (SSSR count). The van der Waals surface area contributed by atoms with Gasteiger partial charge in [0.05, 0.1) is 18.7 Å². The predicted molar refractivity (Wildman–Crippen MR) is 146 cm³/mol. The number of amides is 1. The highest BCUT2D eigenvalue weighted by molar-refractivity contribution is 5.79. The normalized spacial score (nSPS) is 15.6. The summed E-state index contributed by atoms with van der Waals surface area (Å²) in [5, 5.41) is 0. The Kier molecular flexibility index (Phi) is 7.26. The first-order valence-electron chi connectivity index (χ1n) is 13.1. The predicted octanol–water partition coefficient (Wildman–Crippen LogP) is 3.91. The average Bonchev–Trinajstić information content (AvgIpc) is 2.93. The molecule has 0 radical (unpaired) electrons. The molecule has 194 valence electrons. The maximum atomic E-state index is 13.3. The van der Waals surface area contributed by atoms with Crippen LogP contribution in [0.2, 0.25) is 0 Å². The molecule has 0 saturated carbocycles. The van der Waals surface area contributed by atoms with Gasteiger partial charge in [-0.15, -0.1) is 0 Å². The largest absolute Gasteiger partial charge is 0.368 e. The summed E-state index contributed by atoms with van der Waals surface area (Å²) in [6.07, 6.45) is 0.957. The number of hydrogen-bond acceptors (Lipinski definition) is 6. The average molecular weight is 503 g/mol. The monoisotopic (exact) mass is 502 g/mol. The molecule has 7 nitrogen and oxygen atoms in total. The molecule has 1 aromatic heterocycles. The fourth-order valence-corrected chi connectivity index (χ4v) is 4.97. The number of carbonyl (C=O) groups is 1. The zero-order valence-electron chi connectivity index (χ0n) is 21.9. The van der Waals surface area contributed by atoms with Crippen molar-refractivity contribution < 1.29 is 9.18 Å². The van der Waals surface area contributed by atoms with Crippen molar-refractivity contribution in [1.29, 1.82) is 0 Å². The van der Waals surface area contributed by atoms with Gasteiger partial charge in [0, 0.05) is 63.5 Å². The van der Waals surface area contributed by atoms with E-state index in [0.29, 0.717) is 19.5 Å². The number of rotatable bonds is 6. The van der Waals surface area contributed by atoms with Gasteiger partial charge in [-0.3, -0.25) is 4.79 Å². The second-order valence-electron chi connectivity index (χ2n) is 10.2. The molecule has 8 heteroatoms. The highest BCUT2D eigenvalue weighted by Crippen LogP contribution is 2.30. The Morgan fingerprint density at radius 1 is 0.946 bits per heavy atom. The minimum absolute atomic E-state index is 0.0384. The van der Waals surface area contributed by atoms with Gasteiger partial charge in [0.25, 0.3) is 0 Å². The second-order valence-corrected chi connectivity index (χ2v) is 10.2. The molecular weight excluding hydrogens is 467 g/mol. The molecule has 3 aromatic rings. The van der Waals surface area contributed by atoms with E-state index in [1.807, 2.05) is 11.0 Å². The number of benzene rings is 2. The molecule has 3 heterocycles. The Hall–Kier alpha value is -3.68. The Balaban J connectivity index is 1.35. The summed E-state index contributed by atoms with van der Waals surface area (Å²) in [6, 6.07) is 16.9. The van der Waals surface area contributed by atoms with Crippen LogP contribution in [0.1, 0.15) is 30.7 Å². The maximum absolute atomic E-state index is 13.3. The molecule has 0 spiro atoms. The number of aromatic nitrogens is 2. The molecule has 1 saturated heterocycles. The van der Waals surface area contributed by atoms with Crippen LogP contribution in [-0.2, 0) is 24.2 Å². The van der Waals surface area contributed by atoms with Gasteiger partial charge in [0.1, 0.15) is 11.6 Å². The van der Waals surface area contributed by atoms with E-state index in [-0.39, 0.29) is 24.2 Å². The third-order valence-corrected chi connectivity index (χ3v) is 7.44. The van der Waals surface area contributed by atoms with Crippen molar-refractivity contribution in [2.45, 2.75) is 39.3 Å². The van der Waals surface area contributed by atoms with Crippen LogP contribution >= 0.6 is 0 Å². The lowest BCUT2D eigenvalue weighted by molar-refractivity contribution is -0.131. The zero-order chi connectivity index (χ0) is 25.9. The number of para-hydroxylation sites is 1. The SMILES string of the molecule is CC(C)N(C)c1nc(N2CCN(c3ccccc3)CC2)nc2c1CN(C(=O)Cc1ccc(F)cc1)CC2. The standard InChI is InChI=1S/C29H35FN6O/c1-21(2)33(3)28-25-20-36(27(37)19-22-9-11-23(30)12-10-22)14-13-26(25)31-29(32-28)35-17-15-34(16-18-35)24-7-5-4-6-8-24/h4-12,21H,13-20H2,1-3H3. The minimum Gasteiger partial charge on any atom is -0.368 e. The third kappa shape index (κ3) is 5.53. The summed E-state index contributed by atoms with van der Waals surface area (Å²) < 4.78 is 13.3. The fourth-order valence-electron chi connectivity index (χ4n) is 4.97. The lowest BCUT2D eigenvalue weighted by atomic mass is 10.0. The molecule has 0 aliphatic carbocycles. The maximum Gasteiger partial charge on any atom is 0.227 e. The van der Waals surface area contributed by atoms with Crippen molar-refractivity contribution >= 4 is 23.4 Å². The topological polar surface area (TPSA) is 55.8 Å². The quantitative estimate of drug-likeness (QED) is 0.510. The summed E-state index contributed by atoms with van der Waals surface area (Å²) in [6.45, 7) is 8.97.